The van der Waals surface area contributed by atoms with Gasteiger partial charge in [-0.25, -0.2) is 5.43 Å². The number of nitrogens with zero attached hydrogens (tertiary/aromatic N) is 1. The molecule has 4 nitrogen and oxygen atoms in total. The fourth-order valence-corrected chi connectivity index (χ4v) is 1.85. The first-order valence-electron chi connectivity index (χ1n) is 7.22. The molecule has 0 saturated heterocycles. The average molecular weight is 276 g/mol. The van der Waals surface area contributed by atoms with Crippen LogP contribution in [0, 0.1) is 0 Å². The molecular formula is C16H24N2O2. The second-order valence-corrected chi connectivity index (χ2v) is 4.73. The van der Waals surface area contributed by atoms with Crippen molar-refractivity contribution in [3.8, 4) is 5.75 Å². The number of hydrazone groups is 1. The van der Waals surface area contributed by atoms with Crippen LogP contribution in [0.2, 0.25) is 0 Å². The lowest BCUT2D eigenvalue weighted by Crippen LogP contribution is -2.16. The third kappa shape index (κ3) is 6.92. The number of unbranched alkanes of at least 4 members (excludes halogenated alkanes) is 4. The largest absolute Gasteiger partial charge is 0.497 e. The third-order valence-electron chi connectivity index (χ3n) is 3.00. The molecule has 20 heavy (non-hydrogen) atoms. The van der Waals surface area contributed by atoms with Crippen molar-refractivity contribution in [2.24, 2.45) is 5.10 Å². The number of nitrogens with one attached hydrogen (secondary N) is 1. The van der Waals surface area contributed by atoms with Crippen molar-refractivity contribution in [1.82, 2.24) is 5.43 Å². The highest BCUT2D eigenvalue weighted by Gasteiger charge is 1.99. The van der Waals surface area contributed by atoms with Gasteiger partial charge in [0.2, 0.25) is 5.91 Å². The van der Waals surface area contributed by atoms with Crippen LogP contribution in [0.5, 0.6) is 5.75 Å². The Morgan fingerprint density at radius 2 is 2.10 bits per heavy atom. The highest BCUT2D eigenvalue weighted by Crippen LogP contribution is 2.10. The van der Waals surface area contributed by atoms with Gasteiger partial charge in [0.25, 0.3) is 0 Å². The van der Waals surface area contributed by atoms with Gasteiger partial charge in [-0.2, -0.15) is 5.10 Å². The Balaban J connectivity index is 2.24. The van der Waals surface area contributed by atoms with Gasteiger partial charge in [-0.1, -0.05) is 44.7 Å². The lowest BCUT2D eigenvalue weighted by atomic mass is 10.1. The van der Waals surface area contributed by atoms with Gasteiger partial charge in [-0.3, -0.25) is 4.79 Å². The predicted octanol–water partition coefficient (Wildman–Crippen LogP) is 3.51. The number of hydrogen-bond acceptors (Lipinski definition) is 3. The maximum absolute atomic E-state index is 11.5. The van der Waals surface area contributed by atoms with Crippen molar-refractivity contribution in [2.45, 2.75) is 45.4 Å². The van der Waals surface area contributed by atoms with Crippen LogP contribution in [-0.2, 0) is 4.79 Å². The van der Waals surface area contributed by atoms with Crippen LogP contribution < -0.4 is 10.2 Å². The second-order valence-electron chi connectivity index (χ2n) is 4.73. The molecule has 0 heterocycles. The Kier molecular flexibility index (Phi) is 8.11. The first-order chi connectivity index (χ1) is 9.76. The third-order valence-corrected chi connectivity index (χ3v) is 3.00. The summed E-state index contributed by atoms with van der Waals surface area (Å²) in [6.45, 7) is 2.18. The molecule has 1 rings (SSSR count). The van der Waals surface area contributed by atoms with Gasteiger partial charge in [-0.15, -0.1) is 0 Å². The van der Waals surface area contributed by atoms with Crippen LogP contribution in [0.25, 0.3) is 0 Å². The molecule has 0 saturated carbocycles. The molecule has 1 amide bonds. The summed E-state index contributed by atoms with van der Waals surface area (Å²) in [4.78, 5) is 11.5. The first-order valence-corrected chi connectivity index (χ1v) is 7.22. The van der Waals surface area contributed by atoms with Gasteiger partial charge in [0.15, 0.2) is 0 Å². The van der Waals surface area contributed by atoms with Crippen LogP contribution in [0.15, 0.2) is 29.4 Å². The molecular weight excluding hydrogens is 252 g/mol. The van der Waals surface area contributed by atoms with Crippen LogP contribution in [0.3, 0.4) is 0 Å². The molecule has 0 atom stereocenters. The maximum Gasteiger partial charge on any atom is 0.240 e. The number of carbonyl (C=O) groups excluding carboxylic acids is 1. The number of benzene rings is 1. The molecule has 1 N–H and O–H groups in total. The van der Waals surface area contributed by atoms with E-state index in [0.717, 1.165) is 24.2 Å². The quantitative estimate of drug-likeness (QED) is 0.426. The summed E-state index contributed by atoms with van der Waals surface area (Å²) in [6, 6.07) is 7.52. The lowest BCUT2D eigenvalue weighted by molar-refractivity contribution is -0.121. The number of rotatable bonds is 9. The Labute approximate surface area is 121 Å². The SMILES string of the molecule is CCCCCCCC(=O)N/N=C/c1cccc(OC)c1. The van der Waals surface area contributed by atoms with Crippen molar-refractivity contribution >= 4 is 12.1 Å². The van der Waals surface area contributed by atoms with E-state index in [9.17, 15) is 4.79 Å². The Morgan fingerprint density at radius 1 is 1.30 bits per heavy atom. The Morgan fingerprint density at radius 3 is 2.85 bits per heavy atom. The monoisotopic (exact) mass is 276 g/mol. The molecule has 1 aromatic carbocycles. The summed E-state index contributed by atoms with van der Waals surface area (Å²) in [7, 11) is 1.62. The molecule has 0 bridgehead atoms. The molecule has 0 spiro atoms. The van der Waals surface area contributed by atoms with Crippen LogP contribution in [0.1, 0.15) is 51.0 Å². The second kappa shape index (κ2) is 10.0. The smallest absolute Gasteiger partial charge is 0.240 e. The highest BCUT2D eigenvalue weighted by atomic mass is 16.5. The molecule has 110 valence electrons. The minimum absolute atomic E-state index is 0.0272. The number of ether oxygens (including phenoxy) is 1. The van der Waals surface area contributed by atoms with E-state index in [4.69, 9.17) is 4.74 Å². The molecule has 1 aromatic rings. The van der Waals surface area contributed by atoms with Crippen molar-refractivity contribution in [2.75, 3.05) is 7.11 Å². The summed E-state index contributed by atoms with van der Waals surface area (Å²) in [6.07, 6.45) is 7.88. The summed E-state index contributed by atoms with van der Waals surface area (Å²) in [5.74, 6) is 0.747. The topological polar surface area (TPSA) is 50.7 Å². The van der Waals surface area contributed by atoms with Crippen molar-refractivity contribution < 1.29 is 9.53 Å². The van der Waals surface area contributed by atoms with Gasteiger partial charge in [0.1, 0.15) is 5.75 Å². The molecule has 4 heteroatoms. The zero-order valence-electron chi connectivity index (χ0n) is 12.4. The van der Waals surface area contributed by atoms with Gasteiger partial charge < -0.3 is 4.74 Å². The number of methoxy groups -OCH3 is 1. The van der Waals surface area contributed by atoms with Crippen molar-refractivity contribution in [1.29, 1.82) is 0 Å². The van der Waals surface area contributed by atoms with E-state index in [0.29, 0.717) is 6.42 Å². The fourth-order valence-electron chi connectivity index (χ4n) is 1.85. The zero-order valence-corrected chi connectivity index (χ0v) is 12.4. The Hall–Kier alpha value is -1.84. The van der Waals surface area contributed by atoms with Crippen LogP contribution in [0.4, 0.5) is 0 Å². The molecule has 0 fully saturated rings. The zero-order chi connectivity index (χ0) is 14.6. The molecule has 0 unspecified atom stereocenters. The van der Waals surface area contributed by atoms with E-state index in [-0.39, 0.29) is 5.91 Å². The fraction of sp³-hybridized carbons (Fsp3) is 0.500. The molecule has 0 aromatic heterocycles. The summed E-state index contributed by atoms with van der Waals surface area (Å²) < 4.78 is 5.12. The average Bonchev–Trinajstić information content (AvgIpc) is 2.47. The van der Waals surface area contributed by atoms with E-state index in [1.807, 2.05) is 24.3 Å². The van der Waals surface area contributed by atoms with Crippen LogP contribution >= 0.6 is 0 Å². The van der Waals surface area contributed by atoms with E-state index in [2.05, 4.69) is 17.5 Å². The molecule has 0 aliphatic heterocycles. The van der Waals surface area contributed by atoms with Crippen LogP contribution in [-0.4, -0.2) is 19.2 Å². The number of hydrogen-bond donors (Lipinski definition) is 1. The van der Waals surface area contributed by atoms with Gasteiger partial charge in [0, 0.05) is 6.42 Å². The standard InChI is InChI=1S/C16H24N2O2/c1-3-4-5-6-7-11-16(19)18-17-13-14-9-8-10-15(12-14)20-2/h8-10,12-13H,3-7,11H2,1-2H3,(H,18,19)/b17-13+. The minimum Gasteiger partial charge on any atom is -0.497 e. The summed E-state index contributed by atoms with van der Waals surface area (Å²) in [5, 5.41) is 3.95. The van der Waals surface area contributed by atoms with E-state index >= 15 is 0 Å². The predicted molar refractivity (Wildman–Crippen MR) is 82.1 cm³/mol. The lowest BCUT2D eigenvalue weighted by Gasteiger charge is -2.01. The first kappa shape index (κ1) is 16.2. The summed E-state index contributed by atoms with van der Waals surface area (Å²) >= 11 is 0. The Bertz CT molecular complexity index is 430. The van der Waals surface area contributed by atoms with Gasteiger partial charge in [-0.05, 0) is 24.1 Å². The molecule has 0 radical (unpaired) electrons. The normalized spacial score (nSPS) is 10.7. The maximum atomic E-state index is 11.5. The highest BCUT2D eigenvalue weighted by molar-refractivity contribution is 5.82. The van der Waals surface area contributed by atoms with E-state index in [1.165, 1.54) is 19.3 Å². The molecule has 0 aliphatic carbocycles. The van der Waals surface area contributed by atoms with E-state index < -0.39 is 0 Å². The van der Waals surface area contributed by atoms with Gasteiger partial charge >= 0.3 is 0 Å². The van der Waals surface area contributed by atoms with E-state index in [1.54, 1.807) is 13.3 Å². The minimum atomic E-state index is -0.0272. The van der Waals surface area contributed by atoms with Crippen molar-refractivity contribution in [3.63, 3.8) is 0 Å². The number of carbonyl (C=O) groups is 1. The van der Waals surface area contributed by atoms with Gasteiger partial charge in [0.05, 0.1) is 13.3 Å². The number of amides is 1. The summed E-state index contributed by atoms with van der Waals surface area (Å²) in [5.41, 5.74) is 3.45. The van der Waals surface area contributed by atoms with Crippen molar-refractivity contribution in [3.05, 3.63) is 29.8 Å². The molecule has 0 aliphatic rings.